The second-order valence-corrected chi connectivity index (χ2v) is 5.46. The number of nitrogens with zero attached hydrogens (tertiary/aromatic N) is 1. The van der Waals surface area contributed by atoms with Crippen LogP contribution in [0.2, 0.25) is 0 Å². The van der Waals surface area contributed by atoms with E-state index in [9.17, 15) is 9.59 Å². The maximum Gasteiger partial charge on any atom is 0.317 e. The maximum absolute atomic E-state index is 11.9. The normalized spacial score (nSPS) is 10.3. The standard InChI is InChI=1S/C16H25N3O2/c1-12(2)15(20)17-9-10-18-16(21)19(4)11-14-8-6-5-7-13(14)3/h5-8,12H,9-11H2,1-4H3,(H,17,20)(H,18,21). The summed E-state index contributed by atoms with van der Waals surface area (Å²) in [6, 6.07) is 7.85. The molecule has 0 unspecified atom stereocenters. The molecule has 0 aromatic heterocycles. The molecule has 0 fully saturated rings. The minimum absolute atomic E-state index is 0.00230. The van der Waals surface area contributed by atoms with Gasteiger partial charge in [-0.25, -0.2) is 4.79 Å². The van der Waals surface area contributed by atoms with E-state index >= 15 is 0 Å². The number of nitrogens with one attached hydrogen (secondary N) is 2. The molecule has 0 aliphatic carbocycles. The second-order valence-electron chi connectivity index (χ2n) is 5.46. The zero-order valence-electron chi connectivity index (χ0n) is 13.3. The number of aryl methyl sites for hydroxylation is 1. The van der Waals surface area contributed by atoms with Crippen molar-refractivity contribution in [1.29, 1.82) is 0 Å². The molecular formula is C16H25N3O2. The van der Waals surface area contributed by atoms with Gasteiger partial charge in [0.25, 0.3) is 0 Å². The molecule has 0 saturated heterocycles. The summed E-state index contributed by atoms with van der Waals surface area (Å²) in [6.07, 6.45) is 0. The Balaban J connectivity index is 2.32. The molecule has 0 atom stereocenters. The van der Waals surface area contributed by atoms with Gasteiger partial charge in [-0.15, -0.1) is 0 Å². The average molecular weight is 291 g/mol. The van der Waals surface area contributed by atoms with Gasteiger partial charge in [-0.3, -0.25) is 4.79 Å². The number of carbonyl (C=O) groups is 2. The van der Waals surface area contributed by atoms with Crippen molar-refractivity contribution >= 4 is 11.9 Å². The molecular weight excluding hydrogens is 266 g/mol. The SMILES string of the molecule is Cc1ccccc1CN(C)C(=O)NCCNC(=O)C(C)C. The van der Waals surface area contributed by atoms with Crippen molar-refractivity contribution in [1.82, 2.24) is 15.5 Å². The van der Waals surface area contributed by atoms with Crippen LogP contribution in [0, 0.1) is 12.8 Å². The Morgan fingerprint density at radius 2 is 1.76 bits per heavy atom. The van der Waals surface area contributed by atoms with Gasteiger partial charge in [0.15, 0.2) is 0 Å². The summed E-state index contributed by atoms with van der Waals surface area (Å²) in [6.45, 7) is 7.14. The highest BCUT2D eigenvalue weighted by Gasteiger charge is 2.10. The minimum Gasteiger partial charge on any atom is -0.354 e. The van der Waals surface area contributed by atoms with E-state index in [0.29, 0.717) is 19.6 Å². The van der Waals surface area contributed by atoms with Gasteiger partial charge in [-0.1, -0.05) is 38.1 Å². The van der Waals surface area contributed by atoms with E-state index in [1.807, 2.05) is 45.0 Å². The molecule has 1 aromatic carbocycles. The van der Waals surface area contributed by atoms with Crippen molar-refractivity contribution in [2.45, 2.75) is 27.3 Å². The first-order valence-electron chi connectivity index (χ1n) is 7.23. The lowest BCUT2D eigenvalue weighted by molar-refractivity contribution is -0.123. The number of urea groups is 1. The first-order chi connectivity index (χ1) is 9.91. The third-order valence-corrected chi connectivity index (χ3v) is 3.24. The molecule has 0 saturated carbocycles. The number of amides is 3. The third-order valence-electron chi connectivity index (χ3n) is 3.24. The quantitative estimate of drug-likeness (QED) is 0.787. The van der Waals surface area contributed by atoms with E-state index < -0.39 is 0 Å². The van der Waals surface area contributed by atoms with Crippen LogP contribution in [0.25, 0.3) is 0 Å². The van der Waals surface area contributed by atoms with Crippen LogP contribution >= 0.6 is 0 Å². The van der Waals surface area contributed by atoms with Crippen LogP contribution in [0.1, 0.15) is 25.0 Å². The van der Waals surface area contributed by atoms with Gasteiger partial charge in [0, 0.05) is 32.6 Å². The molecule has 1 rings (SSSR count). The summed E-state index contributed by atoms with van der Waals surface area (Å²) < 4.78 is 0. The van der Waals surface area contributed by atoms with Gasteiger partial charge >= 0.3 is 6.03 Å². The molecule has 0 spiro atoms. The van der Waals surface area contributed by atoms with Crippen LogP contribution < -0.4 is 10.6 Å². The van der Waals surface area contributed by atoms with Crippen LogP contribution in [-0.4, -0.2) is 37.0 Å². The van der Waals surface area contributed by atoms with Crippen LogP contribution in [0.3, 0.4) is 0 Å². The minimum atomic E-state index is -0.142. The first-order valence-corrected chi connectivity index (χ1v) is 7.23. The smallest absolute Gasteiger partial charge is 0.317 e. The summed E-state index contributed by atoms with van der Waals surface area (Å²) in [5.74, 6) is -0.0399. The van der Waals surface area contributed by atoms with Crippen molar-refractivity contribution in [2.24, 2.45) is 5.92 Å². The number of carbonyl (C=O) groups excluding carboxylic acids is 2. The summed E-state index contributed by atoms with van der Waals surface area (Å²) in [5, 5.41) is 5.55. The Kier molecular flexibility index (Phi) is 6.72. The van der Waals surface area contributed by atoms with Gasteiger partial charge in [0.1, 0.15) is 0 Å². The van der Waals surface area contributed by atoms with E-state index in [2.05, 4.69) is 10.6 Å². The Bertz CT molecular complexity index is 486. The number of benzene rings is 1. The van der Waals surface area contributed by atoms with Gasteiger partial charge in [0.05, 0.1) is 0 Å². The van der Waals surface area contributed by atoms with Crippen LogP contribution in [0.4, 0.5) is 4.79 Å². The third kappa shape index (κ3) is 5.85. The second kappa shape index (κ2) is 8.29. The van der Waals surface area contributed by atoms with Crippen molar-refractivity contribution in [3.05, 3.63) is 35.4 Å². The van der Waals surface area contributed by atoms with Gasteiger partial charge in [0.2, 0.25) is 5.91 Å². The molecule has 0 bridgehead atoms. The van der Waals surface area contributed by atoms with Crippen molar-refractivity contribution in [3.63, 3.8) is 0 Å². The highest BCUT2D eigenvalue weighted by Crippen LogP contribution is 2.09. The lowest BCUT2D eigenvalue weighted by Gasteiger charge is -2.19. The van der Waals surface area contributed by atoms with E-state index in [4.69, 9.17) is 0 Å². The fourth-order valence-electron chi connectivity index (χ4n) is 1.81. The zero-order chi connectivity index (χ0) is 15.8. The lowest BCUT2D eigenvalue weighted by atomic mass is 10.1. The zero-order valence-corrected chi connectivity index (χ0v) is 13.3. The average Bonchev–Trinajstić information content (AvgIpc) is 2.45. The van der Waals surface area contributed by atoms with Crippen molar-refractivity contribution in [2.75, 3.05) is 20.1 Å². The van der Waals surface area contributed by atoms with Crippen molar-refractivity contribution in [3.8, 4) is 0 Å². The Morgan fingerprint density at radius 3 is 2.38 bits per heavy atom. The highest BCUT2D eigenvalue weighted by molar-refractivity contribution is 5.78. The molecule has 116 valence electrons. The van der Waals surface area contributed by atoms with Gasteiger partial charge < -0.3 is 15.5 Å². The lowest BCUT2D eigenvalue weighted by Crippen LogP contribution is -2.41. The van der Waals surface area contributed by atoms with Gasteiger partial charge in [-0.05, 0) is 18.1 Å². The predicted molar refractivity (Wildman–Crippen MR) is 83.9 cm³/mol. The highest BCUT2D eigenvalue weighted by atomic mass is 16.2. The molecule has 0 aliphatic heterocycles. The van der Waals surface area contributed by atoms with Crippen LogP contribution in [0.15, 0.2) is 24.3 Å². The monoisotopic (exact) mass is 291 g/mol. The topological polar surface area (TPSA) is 61.4 Å². The summed E-state index contributed by atoms with van der Waals surface area (Å²) in [5.41, 5.74) is 2.30. The Labute approximate surface area is 126 Å². The molecule has 0 radical (unpaired) electrons. The van der Waals surface area contributed by atoms with E-state index in [1.165, 1.54) is 5.56 Å². The largest absolute Gasteiger partial charge is 0.354 e. The summed E-state index contributed by atoms with van der Waals surface area (Å²) in [4.78, 5) is 24.9. The molecule has 0 aliphatic rings. The van der Waals surface area contributed by atoms with E-state index in [-0.39, 0.29) is 17.9 Å². The molecule has 0 heterocycles. The van der Waals surface area contributed by atoms with Gasteiger partial charge in [-0.2, -0.15) is 0 Å². The van der Waals surface area contributed by atoms with E-state index in [1.54, 1.807) is 11.9 Å². The molecule has 2 N–H and O–H groups in total. The molecule has 5 heteroatoms. The molecule has 1 aromatic rings. The Hall–Kier alpha value is -2.04. The number of hydrogen-bond donors (Lipinski definition) is 2. The number of rotatable bonds is 6. The van der Waals surface area contributed by atoms with Crippen LogP contribution in [-0.2, 0) is 11.3 Å². The summed E-state index contributed by atoms with van der Waals surface area (Å²) >= 11 is 0. The molecule has 21 heavy (non-hydrogen) atoms. The predicted octanol–water partition coefficient (Wildman–Crippen LogP) is 1.91. The summed E-state index contributed by atoms with van der Waals surface area (Å²) in [7, 11) is 1.76. The Morgan fingerprint density at radius 1 is 1.14 bits per heavy atom. The fourth-order valence-corrected chi connectivity index (χ4v) is 1.81. The van der Waals surface area contributed by atoms with Crippen molar-refractivity contribution < 1.29 is 9.59 Å². The maximum atomic E-state index is 11.9. The molecule has 5 nitrogen and oxygen atoms in total. The first kappa shape index (κ1) is 17.0. The fraction of sp³-hybridized carbons (Fsp3) is 0.500. The number of hydrogen-bond acceptors (Lipinski definition) is 2. The molecule has 3 amide bonds. The van der Waals surface area contributed by atoms with E-state index in [0.717, 1.165) is 5.56 Å². The van der Waals surface area contributed by atoms with Crippen LogP contribution in [0.5, 0.6) is 0 Å².